The van der Waals surface area contributed by atoms with Crippen molar-refractivity contribution in [2.75, 3.05) is 47.5 Å². The number of carbonyl (C=O) groups is 2. The normalized spacial score (nSPS) is 14.3. The fraction of sp³-hybridized carbons (Fsp3) is 0.731. The van der Waals surface area contributed by atoms with Crippen LogP contribution in [0.1, 0.15) is 184 Å². The molecule has 1 aromatic heterocycles. The van der Waals surface area contributed by atoms with Gasteiger partial charge in [0, 0.05) is 25.7 Å². The highest BCUT2D eigenvalue weighted by Gasteiger charge is 2.22. The summed E-state index contributed by atoms with van der Waals surface area (Å²) in [4.78, 5) is 37.7. The second-order valence-corrected chi connectivity index (χ2v) is 19.7. The van der Waals surface area contributed by atoms with E-state index in [1.54, 1.807) is 6.08 Å². The minimum Gasteiger partial charge on any atom is -0.756 e. The molecule has 0 fully saturated rings. The maximum absolute atomic E-state index is 12.7. The van der Waals surface area contributed by atoms with Crippen molar-refractivity contribution in [3.8, 4) is 0 Å². The third kappa shape index (κ3) is 33.7. The highest BCUT2D eigenvalue weighted by Crippen LogP contribution is 2.38. The lowest BCUT2D eigenvalue weighted by Gasteiger charge is -2.28. The van der Waals surface area contributed by atoms with Gasteiger partial charge in [0.15, 0.2) is 6.10 Å². The van der Waals surface area contributed by atoms with Gasteiger partial charge in [-0.3, -0.25) is 14.2 Å². The molecule has 0 aliphatic rings. The first-order valence-electron chi connectivity index (χ1n) is 24.8. The van der Waals surface area contributed by atoms with Crippen LogP contribution in [0.2, 0.25) is 0 Å². The maximum Gasteiger partial charge on any atom is 0.306 e. The van der Waals surface area contributed by atoms with E-state index in [1.165, 1.54) is 99.7 Å². The van der Waals surface area contributed by atoms with Gasteiger partial charge in [0.25, 0.3) is 7.82 Å². The van der Waals surface area contributed by atoms with Crippen LogP contribution < -0.4 is 4.89 Å². The summed E-state index contributed by atoms with van der Waals surface area (Å²) in [7, 11) is 1.07. The number of ether oxygens (including phenoxy) is 2. The Kier molecular flexibility index (Phi) is 34.5. The molecule has 0 aliphatic heterocycles. The third-order valence-corrected chi connectivity index (χ3v) is 12.1. The molecule has 64 heavy (non-hydrogen) atoms. The van der Waals surface area contributed by atoms with E-state index in [0.29, 0.717) is 43.1 Å². The molecular weight excluding hydrogens is 830 g/mol. The summed E-state index contributed by atoms with van der Waals surface area (Å²) in [6.07, 6.45) is 38.5. The van der Waals surface area contributed by atoms with Gasteiger partial charge in [0.1, 0.15) is 31.3 Å². The summed E-state index contributed by atoms with van der Waals surface area (Å²) in [5, 5.41) is 10.1. The number of esters is 2. The molecule has 0 aliphatic carbocycles. The number of aliphatic hydroxyl groups excluding tert-OH is 1. The Morgan fingerprint density at radius 3 is 1.89 bits per heavy atom. The van der Waals surface area contributed by atoms with E-state index < -0.39 is 38.6 Å². The van der Waals surface area contributed by atoms with Crippen LogP contribution in [-0.2, 0) is 45.5 Å². The molecule has 0 saturated carbocycles. The number of rotatable bonds is 41. The van der Waals surface area contributed by atoms with Gasteiger partial charge in [0.05, 0.1) is 33.9 Å². The van der Waals surface area contributed by atoms with Gasteiger partial charge in [0.2, 0.25) is 0 Å². The zero-order chi connectivity index (χ0) is 47.3. The Balaban J connectivity index is 2.36. The number of furan rings is 1. The number of likely N-dealkylation sites (N-methyl/N-ethyl adjacent to an activating group) is 1. The van der Waals surface area contributed by atoms with Crippen LogP contribution in [-0.4, -0.2) is 81.2 Å². The molecule has 368 valence electrons. The Morgan fingerprint density at radius 1 is 0.688 bits per heavy atom. The van der Waals surface area contributed by atoms with Crippen molar-refractivity contribution in [1.82, 2.24) is 0 Å². The van der Waals surface area contributed by atoms with Gasteiger partial charge < -0.3 is 37.4 Å². The first kappa shape index (κ1) is 59.2. The van der Waals surface area contributed by atoms with Gasteiger partial charge in [-0.15, -0.1) is 0 Å². The lowest BCUT2D eigenvalue weighted by atomic mass is 10.0. The summed E-state index contributed by atoms with van der Waals surface area (Å²) in [5.74, 6) is 1.41. The molecule has 11 nitrogen and oxygen atoms in total. The minimum absolute atomic E-state index is 0.0589. The van der Waals surface area contributed by atoms with Gasteiger partial charge in [-0.05, 0) is 82.8 Å². The van der Waals surface area contributed by atoms with E-state index in [2.05, 4.69) is 33.8 Å². The first-order valence-corrected chi connectivity index (χ1v) is 26.3. The molecule has 3 atom stereocenters. The van der Waals surface area contributed by atoms with Crippen LogP contribution in [0.4, 0.5) is 0 Å². The molecule has 1 unspecified atom stereocenters. The number of unbranched alkanes of at least 4 members (excludes halogenated alkanes) is 15. The molecule has 0 aromatic carbocycles. The summed E-state index contributed by atoms with van der Waals surface area (Å²) in [6, 6.07) is 0. The van der Waals surface area contributed by atoms with Crippen molar-refractivity contribution in [2.45, 2.75) is 200 Å². The van der Waals surface area contributed by atoms with Crippen LogP contribution in [0.25, 0.3) is 0 Å². The molecule has 0 radical (unpaired) electrons. The predicted octanol–water partition coefficient (Wildman–Crippen LogP) is 12.2. The molecule has 1 heterocycles. The number of allylic oxidation sites excluding steroid dienone is 6. The molecule has 1 rings (SSSR count). The van der Waals surface area contributed by atoms with Gasteiger partial charge in [-0.2, -0.15) is 0 Å². The Morgan fingerprint density at radius 2 is 1.25 bits per heavy atom. The second kappa shape index (κ2) is 37.3. The van der Waals surface area contributed by atoms with Crippen molar-refractivity contribution < 1.29 is 51.6 Å². The van der Waals surface area contributed by atoms with Crippen molar-refractivity contribution in [2.24, 2.45) is 0 Å². The van der Waals surface area contributed by atoms with Gasteiger partial charge >= 0.3 is 11.9 Å². The maximum atomic E-state index is 12.7. The molecule has 0 bridgehead atoms. The number of quaternary nitrogens is 1. The van der Waals surface area contributed by atoms with Crippen molar-refractivity contribution in [3.05, 3.63) is 71.3 Å². The number of phosphoric acid groups is 1. The van der Waals surface area contributed by atoms with E-state index in [1.807, 2.05) is 57.6 Å². The number of hydrogen-bond acceptors (Lipinski definition) is 10. The highest BCUT2D eigenvalue weighted by atomic mass is 31.2. The average Bonchev–Trinajstić information content (AvgIpc) is 3.51. The third-order valence-electron chi connectivity index (χ3n) is 11.1. The van der Waals surface area contributed by atoms with Crippen LogP contribution in [0.5, 0.6) is 0 Å². The molecule has 0 saturated heterocycles. The van der Waals surface area contributed by atoms with E-state index in [4.69, 9.17) is 22.9 Å². The molecule has 0 spiro atoms. The molecule has 1 aromatic rings. The monoisotopic (exact) mass is 920 g/mol. The Labute approximate surface area is 389 Å². The largest absolute Gasteiger partial charge is 0.756 e. The summed E-state index contributed by atoms with van der Waals surface area (Å²) in [6.45, 7) is 8.38. The Hall–Kier alpha value is -2.79. The van der Waals surface area contributed by atoms with E-state index >= 15 is 0 Å². The highest BCUT2D eigenvalue weighted by molar-refractivity contribution is 7.45. The van der Waals surface area contributed by atoms with E-state index in [-0.39, 0.29) is 26.1 Å². The molecule has 12 heteroatoms. The SMILES string of the molecule is CCCCC/C=C\C[C@H](O)/C=C/C=C\C/C=C\CCCC(=O)O[C@H](COC(=O)CCCCCCCCCCCCc1oc(CCCCC)c(C)c1C)COP(=O)([O-])OCC[N+](C)(C)C. The minimum atomic E-state index is -4.67. The standard InChI is InChI=1S/C52H90NO10P/c1-8-10-12-13-24-30-35-47(54)36-31-25-20-18-19-23-28-34-40-52(56)62-48(44-61-64(57,58)60-42-41-53(5,6)7)43-59-51(55)39-33-27-22-17-15-14-16-21-26-32-38-50-46(4)45(3)49(63-50)37-29-11-9-2/h19-20,23-25,30-31,36,47-48,54H,8-18,21-22,26-29,32-35,37-44H2,1-7H3/b23-19-,25-20-,30-24-,36-31+/t47-,48+/m0/s1. The quantitative estimate of drug-likeness (QED) is 0.0168. The number of aryl methyl sites for hydroxylation is 2. The summed E-state index contributed by atoms with van der Waals surface area (Å²) >= 11 is 0. The lowest BCUT2D eigenvalue weighted by molar-refractivity contribution is -0.870. The first-order chi connectivity index (χ1) is 30.7. The number of hydrogen-bond donors (Lipinski definition) is 1. The Bertz CT molecular complexity index is 1520. The molecule has 0 amide bonds. The van der Waals surface area contributed by atoms with Gasteiger partial charge in [-0.25, -0.2) is 0 Å². The zero-order valence-corrected chi connectivity index (χ0v) is 42.2. The van der Waals surface area contributed by atoms with Crippen LogP contribution in [0.15, 0.2) is 53.0 Å². The second-order valence-electron chi connectivity index (χ2n) is 18.3. The number of phosphoric ester groups is 1. The number of carbonyl (C=O) groups excluding carboxylic acids is 2. The summed E-state index contributed by atoms with van der Waals surface area (Å²) < 4.78 is 40.2. The summed E-state index contributed by atoms with van der Waals surface area (Å²) in [5.41, 5.74) is 2.68. The smallest absolute Gasteiger partial charge is 0.306 e. The zero-order valence-electron chi connectivity index (χ0n) is 41.3. The number of aliphatic hydroxyl groups is 1. The van der Waals surface area contributed by atoms with Crippen LogP contribution in [0.3, 0.4) is 0 Å². The van der Waals surface area contributed by atoms with E-state index in [0.717, 1.165) is 38.5 Å². The topological polar surface area (TPSA) is 145 Å². The van der Waals surface area contributed by atoms with Crippen molar-refractivity contribution >= 4 is 19.8 Å². The number of nitrogens with zero attached hydrogens (tertiary/aromatic N) is 1. The molecule has 1 N–H and O–H groups in total. The van der Waals surface area contributed by atoms with Gasteiger partial charge in [-0.1, -0.05) is 140 Å². The van der Waals surface area contributed by atoms with Crippen molar-refractivity contribution in [1.29, 1.82) is 0 Å². The fourth-order valence-corrected chi connectivity index (χ4v) is 7.64. The van der Waals surface area contributed by atoms with E-state index in [9.17, 15) is 24.2 Å². The van der Waals surface area contributed by atoms with Crippen molar-refractivity contribution in [3.63, 3.8) is 0 Å². The average molecular weight is 920 g/mol. The predicted molar refractivity (Wildman–Crippen MR) is 259 cm³/mol. The van der Waals surface area contributed by atoms with Crippen LogP contribution in [0, 0.1) is 13.8 Å². The molecular formula is C52H90NO10P. The van der Waals surface area contributed by atoms with Crippen LogP contribution >= 0.6 is 7.82 Å². The lowest BCUT2D eigenvalue weighted by Crippen LogP contribution is -2.37. The fourth-order valence-electron chi connectivity index (χ4n) is 6.91.